The first-order chi connectivity index (χ1) is 22.7. The number of hydrogen-bond donors (Lipinski definition) is 2. The summed E-state index contributed by atoms with van der Waals surface area (Å²) < 4.78 is 168. The van der Waals surface area contributed by atoms with Gasteiger partial charge in [0.25, 0.3) is 0 Å². The molecule has 0 amide bonds. The van der Waals surface area contributed by atoms with Crippen LogP contribution in [0.5, 0.6) is 11.5 Å². The lowest BCUT2D eigenvalue weighted by Gasteiger charge is -2.26. The highest BCUT2D eigenvalue weighted by Crippen LogP contribution is 2.52. The van der Waals surface area contributed by atoms with Crippen LogP contribution in [0.15, 0.2) is 36.3 Å². The van der Waals surface area contributed by atoms with Gasteiger partial charge in [-0.2, -0.15) is 0 Å². The van der Waals surface area contributed by atoms with Gasteiger partial charge in [-0.15, -0.1) is 8.78 Å². The van der Waals surface area contributed by atoms with E-state index in [1.807, 2.05) is 0 Å². The third kappa shape index (κ3) is 4.48. The smallest absolute Gasteiger partial charge is 0.395 e. The average Bonchev–Trinajstić information content (AvgIpc) is 3.30. The fourth-order valence-corrected chi connectivity index (χ4v) is 3.99. The van der Waals surface area contributed by atoms with Crippen molar-refractivity contribution in [2.75, 3.05) is 6.56 Å². The van der Waals surface area contributed by atoms with E-state index in [1.165, 1.54) is 13.8 Å². The number of Topliss-reactive ketones (excluding diaryl/α,β-unsaturated/α-hetero) is 1. The third-order valence-electron chi connectivity index (χ3n) is 6.27. The molecule has 0 saturated heterocycles. The van der Waals surface area contributed by atoms with Crippen molar-refractivity contribution in [2.24, 2.45) is 0 Å². The van der Waals surface area contributed by atoms with E-state index in [9.17, 15) is 23.8 Å². The molecule has 3 aromatic rings. The van der Waals surface area contributed by atoms with Gasteiger partial charge in [0.05, 0.1) is 41.0 Å². The first kappa shape index (κ1) is 13.7. The fourth-order valence-electron chi connectivity index (χ4n) is 3.99. The molecule has 9 heteroatoms. The number of carbonyl (C=O) groups excluding carboxylic acids is 1. The highest BCUT2D eigenvalue weighted by atomic mass is 19.3. The molecule has 1 fully saturated rings. The number of carbonyl (C=O) groups is 1. The van der Waals surface area contributed by atoms with E-state index in [4.69, 9.17) is 19.2 Å². The van der Waals surface area contributed by atoms with Gasteiger partial charge < -0.3 is 24.3 Å². The first-order valence-corrected chi connectivity index (χ1v) is 10.9. The normalized spacial score (nSPS) is 28.5. The summed E-state index contributed by atoms with van der Waals surface area (Å²) in [4.78, 5) is 14.1. The molecule has 0 spiro atoms. The average molecular weight is 532 g/mol. The quantitative estimate of drug-likeness (QED) is 0.407. The zero-order valence-corrected chi connectivity index (χ0v) is 19.6. The lowest BCUT2D eigenvalue weighted by atomic mass is 9.86. The number of halogens is 3. The molecule has 37 heavy (non-hydrogen) atoms. The molecular formula is C28H30F3NO5. The summed E-state index contributed by atoms with van der Waals surface area (Å²) in [6, 6.07) is -1.06. The van der Waals surface area contributed by atoms with Gasteiger partial charge in [-0.3, -0.25) is 4.79 Å². The molecule has 2 heterocycles. The molecule has 1 saturated carbocycles. The number of hydrogen-bond acceptors (Lipinski definition) is 5. The first-order valence-electron chi connectivity index (χ1n) is 17.9. The fraction of sp³-hybridized carbons (Fsp3) is 0.464. The second kappa shape index (κ2) is 8.77. The monoisotopic (exact) mass is 531 g/mol. The Balaban J connectivity index is 1.73. The van der Waals surface area contributed by atoms with E-state index in [1.54, 1.807) is 0 Å². The molecular weight excluding hydrogens is 487 g/mol. The van der Waals surface area contributed by atoms with Crippen molar-refractivity contribution < 1.29 is 56.8 Å². The number of benzene rings is 2. The zero-order valence-electron chi connectivity index (χ0n) is 33.6. The maximum atomic E-state index is 16.0. The van der Waals surface area contributed by atoms with E-state index >= 15 is 4.39 Å². The minimum absolute atomic E-state index is 0.207. The maximum absolute atomic E-state index is 16.0. The van der Waals surface area contributed by atoms with Crippen molar-refractivity contribution in [1.29, 1.82) is 0 Å². The zero-order chi connectivity index (χ0) is 39.2. The molecule has 198 valence electrons. The van der Waals surface area contributed by atoms with Gasteiger partial charge in [-0.05, 0) is 60.5 Å². The van der Waals surface area contributed by atoms with Gasteiger partial charge in [0.15, 0.2) is 11.5 Å². The number of rotatable bonds is 9. The van der Waals surface area contributed by atoms with Crippen molar-refractivity contribution in [1.82, 2.24) is 4.57 Å². The van der Waals surface area contributed by atoms with Gasteiger partial charge in [-0.1, -0.05) is 26.8 Å². The third-order valence-corrected chi connectivity index (χ3v) is 6.27. The highest BCUT2D eigenvalue weighted by Gasteiger charge is 2.52. The number of alkyl halides is 2. The second-order valence-electron chi connectivity index (χ2n) is 8.99. The Bertz CT molecular complexity index is 1990. The molecule has 0 unspecified atom stereocenters. The molecule has 1 aliphatic heterocycles. The van der Waals surface area contributed by atoms with Crippen LogP contribution >= 0.6 is 0 Å². The summed E-state index contributed by atoms with van der Waals surface area (Å²) in [5.74, 6) is -5.10. The molecule has 2 aromatic carbocycles. The minimum Gasteiger partial charge on any atom is -0.395 e. The van der Waals surface area contributed by atoms with Crippen LogP contribution in [0.1, 0.15) is 75.9 Å². The summed E-state index contributed by atoms with van der Waals surface area (Å²) in [5, 5.41) is 20.3. The van der Waals surface area contributed by atoms with E-state index in [-0.39, 0.29) is 11.1 Å². The standard InChI is InChI=1S/C28H30F3NO5/c1-4-26(2,3)24-10-17-9-16(20(29)13-21(17)32(24)14-19(34)15-33)11-25(35)27(7-8-27)18-5-6-22-23(12-18)37-28(30,31)36-22/h5-6,9-10,12-13,19,33-34H,4,7-8,11,14-15H2,1-3H3/t19-/m1/s1/i4D2,5D,6D,7D2,8D2,12D,14D2,15D2,19D. The topological polar surface area (TPSA) is 80.9 Å². The minimum atomic E-state index is -4.41. The van der Waals surface area contributed by atoms with Crippen LogP contribution in [-0.4, -0.2) is 39.5 Å². The van der Waals surface area contributed by atoms with E-state index < -0.39 is 120 Å². The van der Waals surface area contributed by atoms with Crippen LogP contribution < -0.4 is 9.47 Å². The highest BCUT2D eigenvalue weighted by molar-refractivity contribution is 5.95. The van der Waals surface area contributed by atoms with Crippen LogP contribution in [0.4, 0.5) is 13.2 Å². The Morgan fingerprint density at radius 1 is 1.30 bits per heavy atom. The predicted molar refractivity (Wildman–Crippen MR) is 131 cm³/mol. The van der Waals surface area contributed by atoms with Gasteiger partial charge in [-0.25, -0.2) is 4.39 Å². The maximum Gasteiger partial charge on any atom is 0.586 e. The molecule has 0 radical (unpaired) electrons. The predicted octanol–water partition coefficient (Wildman–Crippen LogP) is 4.99. The SMILES string of the molecule is [2H]c1c([2H])c(C2(C(=O)Cc3cc4cc(C(C)(C)C([2H])([2H])C)n(C([2H])([2H])[C@@]([2H])(O)C([2H])([2H])O)c4cc3F)C([2H])([2H])C2([2H])[2H])c([2H])c2c1OC(F)(F)O2. The van der Waals surface area contributed by atoms with Gasteiger partial charge in [0.2, 0.25) is 0 Å². The molecule has 0 bridgehead atoms. The molecule has 6 nitrogen and oxygen atoms in total. The number of fused-ring (bicyclic) bond motifs is 2. The van der Waals surface area contributed by atoms with Crippen LogP contribution in [0.2, 0.25) is 0 Å². The summed E-state index contributed by atoms with van der Waals surface area (Å²) in [7, 11) is 0. The van der Waals surface area contributed by atoms with E-state index in [0.717, 1.165) is 19.1 Å². The number of ether oxygens (including phenoxy) is 2. The Hall–Kier alpha value is -3.04. The molecule has 1 atom stereocenters. The van der Waals surface area contributed by atoms with E-state index in [2.05, 4.69) is 9.47 Å². The lowest BCUT2D eigenvalue weighted by Crippen LogP contribution is -2.26. The van der Waals surface area contributed by atoms with Crippen molar-refractivity contribution in [2.45, 2.75) is 76.0 Å². The van der Waals surface area contributed by atoms with Crippen molar-refractivity contribution in [3.05, 3.63) is 59.0 Å². The Labute approximate surface area is 232 Å². The summed E-state index contributed by atoms with van der Waals surface area (Å²) in [6.07, 6.45) is -18.3. The van der Waals surface area contributed by atoms with E-state index in [0.29, 0.717) is 10.6 Å². The number of nitrogens with zero attached hydrogens (tertiary/aromatic N) is 1. The largest absolute Gasteiger partial charge is 0.586 e. The van der Waals surface area contributed by atoms with Crippen molar-refractivity contribution >= 4 is 16.7 Å². The Kier molecular flexibility index (Phi) is 3.24. The van der Waals surface area contributed by atoms with Crippen LogP contribution in [0.25, 0.3) is 10.9 Å². The Morgan fingerprint density at radius 2 is 2.00 bits per heavy atom. The van der Waals surface area contributed by atoms with Gasteiger partial charge in [0.1, 0.15) is 11.6 Å². The van der Waals surface area contributed by atoms with Crippen molar-refractivity contribution in [3.8, 4) is 11.5 Å². The summed E-state index contributed by atoms with van der Waals surface area (Å²) >= 11 is 0. The van der Waals surface area contributed by atoms with Crippen LogP contribution in [0, 0.1) is 5.82 Å². The molecule has 2 N–H and O–H groups in total. The van der Waals surface area contributed by atoms with Crippen molar-refractivity contribution in [3.63, 3.8) is 0 Å². The molecule has 1 aliphatic carbocycles. The Morgan fingerprint density at radius 3 is 2.65 bits per heavy atom. The molecule has 5 rings (SSSR count). The summed E-state index contributed by atoms with van der Waals surface area (Å²) in [5.41, 5.74) is -7.56. The van der Waals surface area contributed by atoms with Gasteiger partial charge >= 0.3 is 6.29 Å². The van der Waals surface area contributed by atoms with Gasteiger partial charge in [0, 0.05) is 31.1 Å². The molecule has 1 aromatic heterocycles. The number of ketones is 1. The second-order valence-corrected chi connectivity index (χ2v) is 8.99. The number of aliphatic hydroxyl groups is 2. The summed E-state index contributed by atoms with van der Waals surface area (Å²) in [6.45, 7) is -3.92. The number of aromatic nitrogens is 1. The van der Waals surface area contributed by atoms with Crippen LogP contribution in [0.3, 0.4) is 0 Å². The lowest BCUT2D eigenvalue weighted by molar-refractivity contribution is -0.286. The molecule has 2 aliphatic rings. The van der Waals surface area contributed by atoms with Crippen LogP contribution in [-0.2, 0) is 28.5 Å².